The fourth-order valence-corrected chi connectivity index (χ4v) is 1.38. The van der Waals surface area contributed by atoms with Crippen molar-refractivity contribution in [3.05, 3.63) is 0 Å². The van der Waals surface area contributed by atoms with E-state index in [4.69, 9.17) is 5.11 Å². The van der Waals surface area contributed by atoms with E-state index in [0.29, 0.717) is 12.8 Å². The number of carboxylic acid groups (broad SMARTS) is 1. The number of rotatable bonds is 3. The molecule has 1 N–H and O–H groups in total. The van der Waals surface area contributed by atoms with Gasteiger partial charge in [0, 0.05) is 18.8 Å². The van der Waals surface area contributed by atoms with Gasteiger partial charge in [0.2, 0.25) is 0 Å². The summed E-state index contributed by atoms with van der Waals surface area (Å²) in [5, 5.41) is 8.30. The van der Waals surface area contributed by atoms with Gasteiger partial charge in [0.05, 0.1) is 0 Å². The topological polar surface area (TPSA) is 71.4 Å². The van der Waals surface area contributed by atoms with Crippen molar-refractivity contribution < 1.29 is 19.5 Å². The fourth-order valence-electron chi connectivity index (χ4n) is 1.38. The first-order chi connectivity index (χ1) is 5.59. The van der Waals surface area contributed by atoms with Gasteiger partial charge in [-0.05, 0) is 6.42 Å². The van der Waals surface area contributed by atoms with Crippen molar-refractivity contribution in [3.8, 4) is 0 Å². The molecule has 0 bridgehead atoms. The number of hydrogen-bond donors (Lipinski definition) is 1. The Bertz CT molecular complexity index is 231. The predicted octanol–water partition coefficient (Wildman–Crippen LogP) is 0.399. The largest absolute Gasteiger partial charge is 0.481 e. The molecule has 12 heavy (non-hydrogen) atoms. The fraction of sp³-hybridized carbons (Fsp3) is 0.625. The van der Waals surface area contributed by atoms with E-state index in [9.17, 15) is 14.4 Å². The quantitative estimate of drug-likeness (QED) is 0.622. The van der Waals surface area contributed by atoms with Gasteiger partial charge in [-0.25, -0.2) is 0 Å². The smallest absolute Gasteiger partial charge is 0.310 e. The van der Waals surface area contributed by atoms with Crippen molar-refractivity contribution in [1.82, 2.24) is 0 Å². The van der Waals surface area contributed by atoms with Gasteiger partial charge >= 0.3 is 5.97 Å². The van der Waals surface area contributed by atoms with Crippen molar-refractivity contribution in [2.75, 3.05) is 0 Å². The standard InChI is InChI=1S/C8H10O4/c9-6-2-1-5(3-6)7(10)4-8(11)12/h5H,1-4H2,(H,11,12). The first-order valence-electron chi connectivity index (χ1n) is 3.86. The summed E-state index contributed by atoms with van der Waals surface area (Å²) in [6.07, 6.45) is 0.755. The Morgan fingerprint density at radius 3 is 2.58 bits per heavy atom. The molecule has 1 atom stereocenters. The van der Waals surface area contributed by atoms with Crippen LogP contribution in [0.15, 0.2) is 0 Å². The summed E-state index contributed by atoms with van der Waals surface area (Å²) >= 11 is 0. The van der Waals surface area contributed by atoms with Gasteiger partial charge in [-0.15, -0.1) is 0 Å². The van der Waals surface area contributed by atoms with Gasteiger partial charge in [-0.2, -0.15) is 0 Å². The van der Waals surface area contributed by atoms with Gasteiger partial charge in [0.1, 0.15) is 18.0 Å². The van der Waals surface area contributed by atoms with E-state index in [1.807, 2.05) is 0 Å². The van der Waals surface area contributed by atoms with Crippen LogP contribution in [-0.2, 0) is 14.4 Å². The number of carbonyl (C=O) groups excluding carboxylic acids is 2. The highest BCUT2D eigenvalue weighted by molar-refractivity contribution is 5.99. The van der Waals surface area contributed by atoms with Crippen LogP contribution < -0.4 is 0 Å². The zero-order valence-electron chi connectivity index (χ0n) is 6.58. The maximum Gasteiger partial charge on any atom is 0.310 e. The van der Waals surface area contributed by atoms with E-state index in [-0.39, 0.29) is 23.9 Å². The number of carboxylic acids is 1. The number of ketones is 2. The highest BCUT2D eigenvalue weighted by Gasteiger charge is 2.28. The third-order valence-electron chi connectivity index (χ3n) is 2.03. The van der Waals surface area contributed by atoms with Crippen LogP contribution in [0.3, 0.4) is 0 Å². The van der Waals surface area contributed by atoms with Crippen LogP contribution in [0.1, 0.15) is 25.7 Å². The molecule has 1 fully saturated rings. The van der Waals surface area contributed by atoms with E-state index in [1.54, 1.807) is 0 Å². The van der Waals surface area contributed by atoms with Crippen molar-refractivity contribution in [1.29, 1.82) is 0 Å². The molecule has 1 aliphatic rings. The molecule has 4 heteroatoms. The molecule has 0 radical (unpaired) electrons. The maximum atomic E-state index is 11.1. The molecule has 1 aliphatic carbocycles. The van der Waals surface area contributed by atoms with Crippen molar-refractivity contribution in [2.45, 2.75) is 25.7 Å². The zero-order chi connectivity index (χ0) is 9.14. The van der Waals surface area contributed by atoms with Gasteiger partial charge in [-0.3, -0.25) is 14.4 Å². The summed E-state index contributed by atoms with van der Waals surface area (Å²) in [7, 11) is 0. The molecule has 4 nitrogen and oxygen atoms in total. The van der Waals surface area contributed by atoms with Crippen LogP contribution in [0.2, 0.25) is 0 Å². The monoisotopic (exact) mass is 170 g/mol. The van der Waals surface area contributed by atoms with E-state index in [2.05, 4.69) is 0 Å². The number of hydrogen-bond acceptors (Lipinski definition) is 3. The van der Waals surface area contributed by atoms with Gasteiger partial charge in [0.15, 0.2) is 0 Å². The molecule has 0 amide bonds. The van der Waals surface area contributed by atoms with Crippen molar-refractivity contribution in [3.63, 3.8) is 0 Å². The lowest BCUT2D eigenvalue weighted by molar-refractivity contribution is -0.141. The Labute approximate surface area is 69.6 Å². The second-order valence-corrected chi connectivity index (χ2v) is 3.02. The maximum absolute atomic E-state index is 11.1. The molecule has 0 aliphatic heterocycles. The first kappa shape index (κ1) is 8.90. The summed E-state index contributed by atoms with van der Waals surface area (Å²) < 4.78 is 0. The molecule has 0 heterocycles. The molecule has 66 valence electrons. The highest BCUT2D eigenvalue weighted by atomic mass is 16.4. The van der Waals surface area contributed by atoms with E-state index in [1.165, 1.54) is 0 Å². The summed E-state index contributed by atoms with van der Waals surface area (Å²) in [6.45, 7) is 0. The third kappa shape index (κ3) is 2.15. The molecular weight excluding hydrogens is 160 g/mol. The first-order valence-corrected chi connectivity index (χ1v) is 3.86. The zero-order valence-corrected chi connectivity index (χ0v) is 6.58. The van der Waals surface area contributed by atoms with Crippen molar-refractivity contribution >= 4 is 17.5 Å². The van der Waals surface area contributed by atoms with Crippen LogP contribution in [0.4, 0.5) is 0 Å². The second-order valence-electron chi connectivity index (χ2n) is 3.02. The SMILES string of the molecule is O=C(O)CC(=O)C1CCC(=O)C1. The van der Waals surface area contributed by atoms with Crippen LogP contribution in [-0.4, -0.2) is 22.6 Å². The predicted molar refractivity (Wildman–Crippen MR) is 39.6 cm³/mol. The van der Waals surface area contributed by atoms with Gasteiger partial charge in [-0.1, -0.05) is 0 Å². The summed E-state index contributed by atoms with van der Waals surface area (Å²) in [6, 6.07) is 0. The number of aliphatic carboxylic acids is 1. The Balaban J connectivity index is 2.43. The minimum Gasteiger partial charge on any atom is -0.481 e. The second kappa shape index (κ2) is 3.47. The van der Waals surface area contributed by atoms with Gasteiger partial charge < -0.3 is 5.11 Å². The molecule has 1 rings (SSSR count). The highest BCUT2D eigenvalue weighted by Crippen LogP contribution is 2.23. The Morgan fingerprint density at radius 1 is 1.50 bits per heavy atom. The Kier molecular flexibility index (Phi) is 2.58. The van der Waals surface area contributed by atoms with Crippen LogP contribution >= 0.6 is 0 Å². The van der Waals surface area contributed by atoms with Crippen LogP contribution in [0.5, 0.6) is 0 Å². The lowest BCUT2D eigenvalue weighted by Crippen LogP contribution is -2.15. The van der Waals surface area contributed by atoms with E-state index in [0.717, 1.165) is 0 Å². The number of carbonyl (C=O) groups is 3. The summed E-state index contributed by atoms with van der Waals surface area (Å²) in [4.78, 5) is 32.0. The van der Waals surface area contributed by atoms with Crippen molar-refractivity contribution in [2.24, 2.45) is 5.92 Å². The molecule has 0 aromatic rings. The Hall–Kier alpha value is -1.19. The Morgan fingerprint density at radius 2 is 2.17 bits per heavy atom. The van der Waals surface area contributed by atoms with Crippen LogP contribution in [0, 0.1) is 5.92 Å². The average molecular weight is 170 g/mol. The molecular formula is C8H10O4. The average Bonchev–Trinajstić information content (AvgIpc) is 2.34. The van der Waals surface area contributed by atoms with E-state index >= 15 is 0 Å². The molecule has 0 spiro atoms. The number of Topliss-reactive ketones (excluding diaryl/α,β-unsaturated/α-hetero) is 2. The lowest BCUT2D eigenvalue weighted by Gasteiger charge is -2.02. The van der Waals surface area contributed by atoms with Crippen LogP contribution in [0.25, 0.3) is 0 Å². The van der Waals surface area contributed by atoms with Gasteiger partial charge in [0.25, 0.3) is 0 Å². The third-order valence-corrected chi connectivity index (χ3v) is 2.03. The minimum atomic E-state index is -1.11. The molecule has 0 aromatic carbocycles. The molecule has 1 unspecified atom stereocenters. The minimum absolute atomic E-state index is 0.0683. The molecule has 0 saturated heterocycles. The summed E-state index contributed by atoms with van der Waals surface area (Å²) in [5.74, 6) is -1.68. The summed E-state index contributed by atoms with van der Waals surface area (Å²) in [5.41, 5.74) is 0. The normalized spacial score (nSPS) is 22.7. The molecule has 0 aromatic heterocycles. The van der Waals surface area contributed by atoms with E-state index < -0.39 is 12.4 Å². The lowest BCUT2D eigenvalue weighted by atomic mass is 10.0. The molecule has 1 saturated carbocycles.